The minimum absolute atomic E-state index is 0.0109. The van der Waals surface area contributed by atoms with Crippen molar-refractivity contribution >= 4 is 17.7 Å². The lowest BCUT2D eigenvalue weighted by Crippen LogP contribution is -2.53. The molecular formula is C30H29F2N3O5. The summed E-state index contributed by atoms with van der Waals surface area (Å²) >= 11 is 0. The zero-order chi connectivity index (χ0) is 27.5. The number of aromatic carboxylic acids is 1. The molecule has 1 saturated carbocycles. The lowest BCUT2D eigenvalue weighted by Gasteiger charge is -2.40. The first-order chi connectivity index (χ1) is 19.4. The highest BCUT2D eigenvalue weighted by atomic mass is 19.1. The molecule has 3 aromatic rings. The zero-order valence-corrected chi connectivity index (χ0v) is 21.8. The molecule has 1 aliphatic carbocycles. The topological polar surface area (TPSA) is 96.1 Å². The second-order valence-electron chi connectivity index (χ2n) is 11.2. The maximum absolute atomic E-state index is 14.6. The Morgan fingerprint density at radius 1 is 1.02 bits per heavy atom. The number of hydrogen-bond acceptors (Lipinski definition) is 5. The minimum atomic E-state index is -0.984. The molecule has 208 valence electrons. The molecule has 8 nitrogen and oxygen atoms in total. The predicted octanol–water partition coefficient (Wildman–Crippen LogP) is 5.89. The zero-order valence-electron chi connectivity index (χ0n) is 21.8. The first kappa shape index (κ1) is 25.2. The van der Waals surface area contributed by atoms with Crippen molar-refractivity contribution in [2.45, 2.75) is 75.7 Å². The minimum Gasteiger partial charge on any atom is -0.478 e. The van der Waals surface area contributed by atoms with Gasteiger partial charge in [-0.1, -0.05) is 17.3 Å². The lowest BCUT2D eigenvalue weighted by molar-refractivity contribution is -0.0164. The van der Waals surface area contributed by atoms with Crippen LogP contribution in [0.3, 0.4) is 0 Å². The molecule has 2 amide bonds. The lowest BCUT2D eigenvalue weighted by atomic mass is 9.99. The van der Waals surface area contributed by atoms with Gasteiger partial charge >= 0.3 is 12.0 Å². The fourth-order valence-corrected chi connectivity index (χ4v) is 6.80. The van der Waals surface area contributed by atoms with Gasteiger partial charge in [-0.3, -0.25) is 4.90 Å². The van der Waals surface area contributed by atoms with Gasteiger partial charge in [0.05, 0.1) is 23.8 Å². The first-order valence-corrected chi connectivity index (χ1v) is 13.9. The number of hydrogen-bond donors (Lipinski definition) is 1. The average molecular weight is 550 g/mol. The molecule has 0 spiro atoms. The van der Waals surface area contributed by atoms with E-state index >= 15 is 0 Å². The van der Waals surface area contributed by atoms with E-state index in [0.717, 1.165) is 25.7 Å². The van der Waals surface area contributed by atoms with Gasteiger partial charge in [0.15, 0.2) is 0 Å². The molecule has 0 radical (unpaired) electrons. The number of piperidine rings is 1. The summed E-state index contributed by atoms with van der Waals surface area (Å²) < 4.78 is 41.2. The molecule has 7 rings (SSSR count). The maximum atomic E-state index is 14.6. The van der Waals surface area contributed by atoms with Crippen molar-refractivity contribution in [3.05, 3.63) is 70.5 Å². The predicted molar refractivity (Wildman–Crippen MR) is 140 cm³/mol. The summed E-state index contributed by atoms with van der Waals surface area (Å²) in [5.41, 5.74) is 2.18. The van der Waals surface area contributed by atoms with Gasteiger partial charge in [0.1, 0.15) is 23.1 Å². The van der Waals surface area contributed by atoms with E-state index in [1.807, 2.05) is 11.0 Å². The normalized spacial score (nSPS) is 23.5. The average Bonchev–Trinajstić information content (AvgIpc) is 3.45. The molecule has 3 aliphatic heterocycles. The molecule has 1 unspecified atom stereocenters. The van der Waals surface area contributed by atoms with Crippen molar-refractivity contribution in [1.29, 1.82) is 0 Å². The molecule has 1 aromatic heterocycles. The Labute approximate surface area is 229 Å². The Morgan fingerprint density at radius 2 is 1.73 bits per heavy atom. The molecule has 10 heteroatoms. The molecular weight excluding hydrogens is 520 g/mol. The van der Waals surface area contributed by atoms with Gasteiger partial charge in [0, 0.05) is 35.8 Å². The standard InChI is InChI=1S/C30H29F2N3O5/c31-23-4-2-5-24(32)26(23)27-22(28(40-33-27)16-7-8-16)15-39-19-13-17-9-10-18(14-19)35(17)30(38)34-12-11-20-21(29(36)37)3-1-6-25(20)34/h1-6,16-19H,7-15H2,(H,36,37)/t17-,18+,19?. The van der Waals surface area contributed by atoms with Gasteiger partial charge in [0.25, 0.3) is 0 Å². The maximum Gasteiger partial charge on any atom is 0.336 e. The monoisotopic (exact) mass is 549 g/mol. The number of nitrogens with zero attached hydrogens (tertiary/aromatic N) is 3. The van der Waals surface area contributed by atoms with Gasteiger partial charge in [0.2, 0.25) is 0 Å². The van der Waals surface area contributed by atoms with Crippen LogP contribution in [0, 0.1) is 11.6 Å². The van der Waals surface area contributed by atoms with Crippen molar-refractivity contribution in [1.82, 2.24) is 10.1 Å². The number of carboxylic acids is 1. The van der Waals surface area contributed by atoms with Crippen LogP contribution in [-0.4, -0.2) is 51.9 Å². The third-order valence-electron chi connectivity index (χ3n) is 8.83. The smallest absolute Gasteiger partial charge is 0.336 e. The molecule has 2 bridgehead atoms. The number of urea groups is 1. The van der Waals surface area contributed by atoms with Gasteiger partial charge in [-0.15, -0.1) is 0 Å². The van der Waals surface area contributed by atoms with Gasteiger partial charge in [-0.05, 0) is 74.8 Å². The van der Waals surface area contributed by atoms with E-state index < -0.39 is 17.6 Å². The van der Waals surface area contributed by atoms with Crippen LogP contribution in [0.25, 0.3) is 11.3 Å². The van der Waals surface area contributed by atoms with Crippen LogP contribution in [0.15, 0.2) is 40.9 Å². The SMILES string of the molecule is O=C(O)c1cccc2c1CCN2C(=O)N1[C@@H]2CC[C@H]1CC(OCc1c(-c3c(F)cccc3F)noc1C1CC1)C2. The summed E-state index contributed by atoms with van der Waals surface area (Å²) in [6.45, 7) is 0.592. The highest BCUT2D eigenvalue weighted by molar-refractivity contribution is 5.99. The molecule has 4 aliphatic rings. The fraction of sp³-hybridized carbons (Fsp3) is 0.433. The number of ether oxygens (including phenoxy) is 1. The van der Waals surface area contributed by atoms with Gasteiger partial charge in [-0.2, -0.15) is 0 Å². The number of halogens is 2. The number of carbonyl (C=O) groups excluding carboxylic acids is 1. The van der Waals surface area contributed by atoms with E-state index in [1.165, 1.54) is 18.2 Å². The van der Waals surface area contributed by atoms with E-state index in [0.29, 0.717) is 48.4 Å². The largest absolute Gasteiger partial charge is 0.478 e. The van der Waals surface area contributed by atoms with Crippen LogP contribution in [0.2, 0.25) is 0 Å². The Bertz CT molecular complexity index is 1470. The van der Waals surface area contributed by atoms with Crippen LogP contribution in [-0.2, 0) is 17.8 Å². The van der Waals surface area contributed by atoms with Crippen molar-refractivity contribution < 1.29 is 32.7 Å². The molecule has 4 heterocycles. The number of fused-ring (bicyclic) bond motifs is 3. The Balaban J connectivity index is 1.07. The van der Waals surface area contributed by atoms with Crippen LogP contribution >= 0.6 is 0 Å². The summed E-state index contributed by atoms with van der Waals surface area (Å²) in [5.74, 6) is -1.54. The van der Waals surface area contributed by atoms with Crippen LogP contribution in [0.1, 0.15) is 71.7 Å². The first-order valence-electron chi connectivity index (χ1n) is 13.9. The van der Waals surface area contributed by atoms with Crippen LogP contribution in [0.4, 0.5) is 19.3 Å². The highest BCUT2D eigenvalue weighted by Crippen LogP contribution is 2.46. The number of rotatable bonds is 6. The van der Waals surface area contributed by atoms with E-state index in [4.69, 9.17) is 9.26 Å². The summed E-state index contributed by atoms with van der Waals surface area (Å²) in [7, 11) is 0. The fourth-order valence-electron chi connectivity index (χ4n) is 6.80. The van der Waals surface area contributed by atoms with Gasteiger partial charge in [-0.25, -0.2) is 18.4 Å². The molecule has 3 atom stereocenters. The van der Waals surface area contributed by atoms with Crippen molar-refractivity contribution in [2.75, 3.05) is 11.4 Å². The Kier molecular flexibility index (Phi) is 6.10. The molecule has 3 fully saturated rings. The highest BCUT2D eigenvalue weighted by Gasteiger charge is 2.46. The van der Waals surface area contributed by atoms with Crippen molar-refractivity contribution in [3.63, 3.8) is 0 Å². The Hall–Kier alpha value is -3.79. The van der Waals surface area contributed by atoms with Gasteiger partial charge < -0.3 is 19.3 Å². The molecule has 2 saturated heterocycles. The number of carbonyl (C=O) groups is 2. The quantitative estimate of drug-likeness (QED) is 0.412. The van der Waals surface area contributed by atoms with Crippen molar-refractivity contribution in [3.8, 4) is 11.3 Å². The number of anilines is 1. The summed E-state index contributed by atoms with van der Waals surface area (Å²) in [4.78, 5) is 29.0. The number of aromatic nitrogens is 1. The summed E-state index contributed by atoms with van der Waals surface area (Å²) in [6.07, 6.45) is 5.35. The van der Waals surface area contributed by atoms with Crippen LogP contribution < -0.4 is 4.90 Å². The van der Waals surface area contributed by atoms with E-state index in [1.54, 1.807) is 17.0 Å². The third kappa shape index (κ3) is 4.16. The number of amides is 2. The summed E-state index contributed by atoms with van der Waals surface area (Å²) in [6, 6.07) is 8.76. The van der Waals surface area contributed by atoms with E-state index in [9.17, 15) is 23.5 Å². The molecule has 40 heavy (non-hydrogen) atoms. The molecule has 2 aromatic carbocycles. The second kappa shape index (κ2) is 9.69. The second-order valence-corrected chi connectivity index (χ2v) is 11.2. The number of carboxylic acid groups (broad SMARTS) is 1. The Morgan fingerprint density at radius 3 is 2.40 bits per heavy atom. The van der Waals surface area contributed by atoms with E-state index in [-0.39, 0.29) is 53.6 Å². The van der Waals surface area contributed by atoms with E-state index in [2.05, 4.69) is 5.16 Å². The van der Waals surface area contributed by atoms with Crippen molar-refractivity contribution in [2.24, 2.45) is 0 Å². The third-order valence-corrected chi connectivity index (χ3v) is 8.83. The summed E-state index contributed by atoms with van der Waals surface area (Å²) in [5, 5.41) is 13.6. The molecule has 1 N–H and O–H groups in total. The number of benzene rings is 2. The van der Waals surface area contributed by atoms with Crippen LogP contribution in [0.5, 0.6) is 0 Å².